The van der Waals surface area contributed by atoms with Gasteiger partial charge in [-0.1, -0.05) is 6.07 Å². The Kier molecular flexibility index (Phi) is 2.87. The number of hydrogen-bond donors (Lipinski definition) is 1. The number of ether oxygens (including phenoxy) is 1. The molecule has 1 saturated carbocycles. The molecule has 1 heterocycles. The molecule has 4 heteroatoms. The lowest BCUT2D eigenvalue weighted by Gasteiger charge is -2.30. The van der Waals surface area contributed by atoms with Crippen molar-refractivity contribution in [2.45, 2.75) is 37.3 Å². The maximum absolute atomic E-state index is 13.2. The highest BCUT2D eigenvalue weighted by atomic mass is 19.2. The van der Waals surface area contributed by atoms with Gasteiger partial charge in [-0.05, 0) is 49.3 Å². The minimum absolute atomic E-state index is 0.0746. The summed E-state index contributed by atoms with van der Waals surface area (Å²) in [7, 11) is 0. The Morgan fingerprint density at radius 1 is 1.28 bits per heavy atom. The lowest BCUT2D eigenvalue weighted by Crippen LogP contribution is -2.50. The first-order valence-electron chi connectivity index (χ1n) is 6.43. The molecular weight excluding hydrogens is 236 g/mol. The average molecular weight is 253 g/mol. The monoisotopic (exact) mass is 253 g/mol. The molecule has 1 aliphatic carbocycles. The molecule has 2 atom stereocenters. The Balaban J connectivity index is 1.79. The van der Waals surface area contributed by atoms with Crippen molar-refractivity contribution in [2.75, 3.05) is 6.61 Å². The third-order valence-electron chi connectivity index (χ3n) is 4.00. The second-order valence-corrected chi connectivity index (χ2v) is 5.54. The number of nitrogens with two attached hydrogens (primary N) is 1. The van der Waals surface area contributed by atoms with Crippen LogP contribution in [0.5, 0.6) is 0 Å². The zero-order valence-corrected chi connectivity index (χ0v) is 10.2. The van der Waals surface area contributed by atoms with Crippen molar-refractivity contribution in [3.8, 4) is 0 Å². The van der Waals surface area contributed by atoms with Gasteiger partial charge in [0, 0.05) is 12.1 Å². The lowest BCUT2D eigenvalue weighted by atomic mass is 9.83. The second-order valence-electron chi connectivity index (χ2n) is 5.54. The fourth-order valence-corrected chi connectivity index (χ4v) is 2.91. The Labute approximate surface area is 105 Å². The van der Waals surface area contributed by atoms with Crippen molar-refractivity contribution < 1.29 is 13.5 Å². The van der Waals surface area contributed by atoms with Crippen LogP contribution in [0.25, 0.3) is 0 Å². The smallest absolute Gasteiger partial charge is 0.159 e. The van der Waals surface area contributed by atoms with Crippen LogP contribution >= 0.6 is 0 Å². The zero-order valence-electron chi connectivity index (χ0n) is 10.2. The molecule has 1 aromatic rings. The van der Waals surface area contributed by atoms with Gasteiger partial charge in [-0.15, -0.1) is 0 Å². The van der Waals surface area contributed by atoms with E-state index in [1.807, 2.05) is 0 Å². The van der Waals surface area contributed by atoms with Gasteiger partial charge >= 0.3 is 0 Å². The van der Waals surface area contributed by atoms with E-state index in [9.17, 15) is 8.78 Å². The summed E-state index contributed by atoms with van der Waals surface area (Å²) in [5, 5.41) is 0. The van der Waals surface area contributed by atoms with Crippen molar-refractivity contribution in [2.24, 2.45) is 11.7 Å². The third-order valence-corrected chi connectivity index (χ3v) is 4.00. The first kappa shape index (κ1) is 12.1. The molecule has 1 aromatic carbocycles. The van der Waals surface area contributed by atoms with Crippen LogP contribution in [0.15, 0.2) is 18.2 Å². The van der Waals surface area contributed by atoms with Crippen LogP contribution in [0, 0.1) is 17.6 Å². The first-order valence-corrected chi connectivity index (χ1v) is 6.43. The summed E-state index contributed by atoms with van der Waals surface area (Å²) in [6.45, 7) is 0.668. The predicted octanol–water partition coefficient (Wildman–Crippen LogP) is 2.40. The molecule has 98 valence electrons. The van der Waals surface area contributed by atoms with Gasteiger partial charge in [0.25, 0.3) is 0 Å². The van der Waals surface area contributed by atoms with E-state index in [-0.39, 0.29) is 6.10 Å². The van der Waals surface area contributed by atoms with E-state index in [0.29, 0.717) is 18.9 Å². The zero-order chi connectivity index (χ0) is 12.8. The van der Waals surface area contributed by atoms with E-state index < -0.39 is 17.2 Å². The Morgan fingerprint density at radius 3 is 2.72 bits per heavy atom. The molecule has 18 heavy (non-hydrogen) atoms. The standard InChI is InChI=1S/C14H17F2NO/c15-11-4-1-9(7-12(11)16)8-14(17)5-6-18-13(14)10-2-3-10/h1,4,7,10,13H,2-3,5-6,8,17H2. The van der Waals surface area contributed by atoms with E-state index in [1.165, 1.54) is 18.9 Å². The van der Waals surface area contributed by atoms with Gasteiger partial charge in [-0.3, -0.25) is 0 Å². The van der Waals surface area contributed by atoms with Crippen molar-refractivity contribution >= 4 is 0 Å². The molecule has 1 aliphatic heterocycles. The van der Waals surface area contributed by atoms with Crippen LogP contribution in [0.4, 0.5) is 8.78 Å². The highest BCUT2D eigenvalue weighted by molar-refractivity contribution is 5.22. The summed E-state index contributed by atoms with van der Waals surface area (Å²) in [4.78, 5) is 0. The van der Waals surface area contributed by atoms with Crippen molar-refractivity contribution in [3.05, 3.63) is 35.4 Å². The van der Waals surface area contributed by atoms with Gasteiger partial charge in [-0.25, -0.2) is 8.78 Å². The maximum Gasteiger partial charge on any atom is 0.159 e. The molecule has 0 radical (unpaired) electrons. The average Bonchev–Trinajstić information content (AvgIpc) is 3.08. The quantitative estimate of drug-likeness (QED) is 0.897. The van der Waals surface area contributed by atoms with Crippen molar-refractivity contribution in [1.29, 1.82) is 0 Å². The summed E-state index contributed by atoms with van der Waals surface area (Å²) < 4.78 is 31.8. The minimum Gasteiger partial charge on any atom is -0.376 e. The van der Waals surface area contributed by atoms with E-state index >= 15 is 0 Å². The van der Waals surface area contributed by atoms with Gasteiger partial charge in [0.1, 0.15) is 0 Å². The second kappa shape index (κ2) is 4.28. The van der Waals surface area contributed by atoms with Crippen LogP contribution in [0.1, 0.15) is 24.8 Å². The largest absolute Gasteiger partial charge is 0.376 e. The van der Waals surface area contributed by atoms with Gasteiger partial charge in [0.15, 0.2) is 11.6 Å². The predicted molar refractivity (Wildman–Crippen MR) is 64.1 cm³/mol. The van der Waals surface area contributed by atoms with Crippen LogP contribution in [-0.2, 0) is 11.2 Å². The van der Waals surface area contributed by atoms with Gasteiger partial charge < -0.3 is 10.5 Å². The highest BCUT2D eigenvalue weighted by Gasteiger charge is 2.48. The first-order chi connectivity index (χ1) is 8.58. The number of halogens is 2. The number of rotatable bonds is 3. The molecule has 2 aliphatic rings. The third kappa shape index (κ3) is 2.15. The molecule has 0 spiro atoms. The summed E-state index contributed by atoms with van der Waals surface area (Å²) in [6, 6.07) is 4.01. The fourth-order valence-electron chi connectivity index (χ4n) is 2.91. The van der Waals surface area contributed by atoms with E-state index in [1.54, 1.807) is 6.07 Å². The molecule has 3 rings (SSSR count). The summed E-state index contributed by atoms with van der Waals surface area (Å²) in [5.74, 6) is -1.06. The SMILES string of the molecule is NC1(Cc2ccc(F)c(F)c2)CCOC1C1CC1. The van der Waals surface area contributed by atoms with E-state index in [4.69, 9.17) is 10.5 Å². The molecule has 0 amide bonds. The number of benzene rings is 1. The fraction of sp³-hybridized carbons (Fsp3) is 0.571. The maximum atomic E-state index is 13.2. The van der Waals surface area contributed by atoms with E-state index in [2.05, 4.69) is 0 Å². The van der Waals surface area contributed by atoms with Gasteiger partial charge in [0.05, 0.1) is 6.10 Å². The van der Waals surface area contributed by atoms with Gasteiger partial charge in [0.2, 0.25) is 0 Å². The topological polar surface area (TPSA) is 35.2 Å². The Morgan fingerprint density at radius 2 is 2.06 bits per heavy atom. The molecular formula is C14H17F2NO. The molecule has 0 bridgehead atoms. The summed E-state index contributed by atoms with van der Waals surface area (Å²) in [5.41, 5.74) is 6.74. The molecule has 0 aromatic heterocycles. The molecule has 2 unspecified atom stereocenters. The Bertz CT molecular complexity index is 461. The van der Waals surface area contributed by atoms with E-state index in [0.717, 1.165) is 18.1 Å². The van der Waals surface area contributed by atoms with Crippen molar-refractivity contribution in [1.82, 2.24) is 0 Å². The molecule has 2 fully saturated rings. The Hall–Kier alpha value is -1.00. The van der Waals surface area contributed by atoms with Crippen LogP contribution in [0.3, 0.4) is 0 Å². The van der Waals surface area contributed by atoms with Crippen LogP contribution in [-0.4, -0.2) is 18.2 Å². The lowest BCUT2D eigenvalue weighted by molar-refractivity contribution is 0.0626. The summed E-state index contributed by atoms with van der Waals surface area (Å²) >= 11 is 0. The molecule has 2 nitrogen and oxygen atoms in total. The number of hydrogen-bond acceptors (Lipinski definition) is 2. The normalized spacial score (nSPS) is 31.8. The summed E-state index contributed by atoms with van der Waals surface area (Å²) in [6.07, 6.45) is 3.74. The highest BCUT2D eigenvalue weighted by Crippen LogP contribution is 2.43. The molecule has 1 saturated heterocycles. The van der Waals surface area contributed by atoms with Crippen LogP contribution in [0.2, 0.25) is 0 Å². The van der Waals surface area contributed by atoms with Gasteiger partial charge in [-0.2, -0.15) is 0 Å². The van der Waals surface area contributed by atoms with Crippen LogP contribution < -0.4 is 5.73 Å². The minimum atomic E-state index is -0.814. The molecule has 2 N–H and O–H groups in total. The van der Waals surface area contributed by atoms with Crippen molar-refractivity contribution in [3.63, 3.8) is 0 Å².